The summed E-state index contributed by atoms with van der Waals surface area (Å²) < 4.78 is 0. The van der Waals surface area contributed by atoms with Crippen LogP contribution in [0.15, 0.2) is 60.7 Å². The van der Waals surface area contributed by atoms with Crippen molar-refractivity contribution in [2.45, 2.75) is 12.3 Å². The van der Waals surface area contributed by atoms with E-state index in [1.807, 2.05) is 0 Å². The van der Waals surface area contributed by atoms with E-state index in [2.05, 4.69) is 74.0 Å². The largest absolute Gasteiger partial charge is 0.105 e. The summed E-state index contributed by atoms with van der Waals surface area (Å²) in [5.41, 5.74) is 3.01. The van der Waals surface area contributed by atoms with Gasteiger partial charge in [0.2, 0.25) is 0 Å². The van der Waals surface area contributed by atoms with E-state index >= 15 is 0 Å². The van der Waals surface area contributed by atoms with Gasteiger partial charge in [0.15, 0.2) is 0 Å². The molecule has 2 aromatic rings. The fourth-order valence-corrected chi connectivity index (χ4v) is 7.01. The third-order valence-corrected chi connectivity index (χ3v) is 7.59. The Morgan fingerprint density at radius 3 is 1.30 bits per heavy atom. The summed E-state index contributed by atoms with van der Waals surface area (Å²) in [7, 11) is 0.304. The first-order valence-electron chi connectivity index (χ1n) is 7.19. The summed E-state index contributed by atoms with van der Waals surface area (Å²) in [5.74, 6) is 0. The molecule has 0 N–H and O–H groups in total. The second kappa shape index (κ2) is 8.56. The fraction of sp³-hybridized carbons (Fsp3) is 0.333. The van der Waals surface area contributed by atoms with Gasteiger partial charge in [-0.2, -0.15) is 0 Å². The molecule has 0 heterocycles. The molecule has 0 saturated heterocycles. The average Bonchev–Trinajstić information content (AvgIpc) is 2.47. The number of hydrogen-bond donors (Lipinski definition) is 0. The Morgan fingerprint density at radius 2 is 0.950 bits per heavy atom. The monoisotopic (exact) mass is 302 g/mol. The third-order valence-electron chi connectivity index (χ3n) is 3.45. The maximum Gasteiger partial charge on any atom is -0.00754 e. The summed E-state index contributed by atoms with van der Waals surface area (Å²) in [4.78, 5) is 0. The van der Waals surface area contributed by atoms with Crippen LogP contribution < -0.4 is 0 Å². The Balaban J connectivity index is 1.71. The van der Waals surface area contributed by atoms with Crippen molar-refractivity contribution in [3.05, 3.63) is 71.8 Å². The molecule has 2 rings (SSSR count). The van der Waals surface area contributed by atoms with Gasteiger partial charge in [-0.25, -0.2) is 0 Å². The summed E-state index contributed by atoms with van der Waals surface area (Å²) in [6.45, 7) is 4.90. The van der Waals surface area contributed by atoms with Crippen molar-refractivity contribution in [2.75, 3.05) is 25.7 Å². The molecule has 2 heteroatoms. The van der Waals surface area contributed by atoms with Gasteiger partial charge in [0, 0.05) is 0 Å². The highest BCUT2D eigenvalue weighted by Crippen LogP contribution is 2.42. The van der Waals surface area contributed by atoms with Crippen LogP contribution in [0.1, 0.15) is 11.1 Å². The highest BCUT2D eigenvalue weighted by molar-refractivity contribution is 7.60. The number of rotatable bonds is 7. The first-order valence-corrected chi connectivity index (χ1v) is 11.5. The van der Waals surface area contributed by atoms with Crippen LogP contribution in [0.2, 0.25) is 0 Å². The molecule has 106 valence electrons. The quantitative estimate of drug-likeness (QED) is 0.583. The van der Waals surface area contributed by atoms with Crippen LogP contribution in [-0.4, -0.2) is 25.7 Å². The van der Waals surface area contributed by atoms with Gasteiger partial charge in [0.25, 0.3) is 0 Å². The molecule has 0 spiro atoms. The lowest BCUT2D eigenvalue weighted by Crippen LogP contribution is -1.95. The molecule has 2 atom stereocenters. The van der Waals surface area contributed by atoms with Gasteiger partial charge < -0.3 is 0 Å². The van der Waals surface area contributed by atoms with Crippen molar-refractivity contribution in [1.29, 1.82) is 0 Å². The predicted molar refractivity (Wildman–Crippen MR) is 95.7 cm³/mol. The molecule has 2 unspecified atom stereocenters. The molecule has 2 aromatic carbocycles. The van der Waals surface area contributed by atoms with Crippen molar-refractivity contribution >= 4 is 15.8 Å². The smallest absolute Gasteiger partial charge is 0.00754 e. The lowest BCUT2D eigenvalue weighted by molar-refractivity contribution is 1.33. The molecule has 0 aliphatic heterocycles. The minimum atomic E-state index is 0.152. The van der Waals surface area contributed by atoms with Crippen LogP contribution in [0.3, 0.4) is 0 Å². The third kappa shape index (κ3) is 5.74. The van der Waals surface area contributed by atoms with Gasteiger partial charge in [-0.3, -0.25) is 0 Å². The van der Waals surface area contributed by atoms with Crippen molar-refractivity contribution in [3.63, 3.8) is 0 Å². The zero-order chi connectivity index (χ0) is 14.2. The Labute approximate surface area is 126 Å². The molecule has 0 fully saturated rings. The number of hydrogen-bond acceptors (Lipinski definition) is 0. The molecule has 0 aliphatic carbocycles. The molecule has 20 heavy (non-hydrogen) atoms. The molecule has 0 saturated carbocycles. The van der Waals surface area contributed by atoms with E-state index in [-0.39, 0.29) is 15.8 Å². The lowest BCUT2D eigenvalue weighted by atomic mass is 10.2. The Kier molecular flexibility index (Phi) is 6.71. The summed E-state index contributed by atoms with van der Waals surface area (Å²) in [5, 5.41) is 0. The maximum absolute atomic E-state index is 2.45. The first kappa shape index (κ1) is 15.7. The molecule has 0 aliphatic rings. The van der Waals surface area contributed by atoms with Crippen LogP contribution in [0.4, 0.5) is 0 Å². The van der Waals surface area contributed by atoms with Crippen LogP contribution in [0.25, 0.3) is 0 Å². The maximum atomic E-state index is 2.45. The van der Waals surface area contributed by atoms with Gasteiger partial charge in [0.05, 0.1) is 0 Å². The van der Waals surface area contributed by atoms with Gasteiger partial charge >= 0.3 is 0 Å². The van der Waals surface area contributed by atoms with Gasteiger partial charge in [0.1, 0.15) is 0 Å². The lowest BCUT2D eigenvalue weighted by Gasteiger charge is -2.17. The predicted octanol–water partition coefficient (Wildman–Crippen LogP) is 5.61. The zero-order valence-corrected chi connectivity index (χ0v) is 14.3. The van der Waals surface area contributed by atoms with Gasteiger partial charge in [-0.05, 0) is 49.1 Å². The van der Waals surface area contributed by atoms with Crippen LogP contribution in [0, 0.1) is 0 Å². The van der Waals surface area contributed by atoms with E-state index < -0.39 is 0 Å². The highest BCUT2D eigenvalue weighted by atomic mass is 31.1. The Morgan fingerprint density at radius 1 is 0.600 bits per heavy atom. The molecular formula is C18H24P2. The van der Waals surface area contributed by atoms with Crippen LogP contribution >= 0.6 is 15.8 Å². The minimum absolute atomic E-state index is 0.152. The topological polar surface area (TPSA) is 0 Å². The Hall–Kier alpha value is -0.700. The van der Waals surface area contributed by atoms with E-state index in [0.29, 0.717) is 0 Å². The van der Waals surface area contributed by atoms with Crippen LogP contribution in [-0.2, 0) is 12.3 Å². The van der Waals surface area contributed by atoms with Crippen molar-refractivity contribution in [2.24, 2.45) is 0 Å². The van der Waals surface area contributed by atoms with Gasteiger partial charge in [-0.1, -0.05) is 60.7 Å². The summed E-state index contributed by atoms with van der Waals surface area (Å²) in [6, 6.07) is 21.9. The van der Waals surface area contributed by atoms with E-state index in [0.717, 1.165) is 0 Å². The SMILES string of the molecule is CP(CCP(C)Cc1ccccc1)Cc1ccccc1. The summed E-state index contributed by atoms with van der Waals surface area (Å²) in [6.07, 6.45) is 5.40. The van der Waals surface area contributed by atoms with Gasteiger partial charge in [-0.15, -0.1) is 15.8 Å². The molecule has 0 nitrogen and oxygen atoms in total. The minimum Gasteiger partial charge on any atom is -0.105 e. The number of benzene rings is 2. The fourth-order valence-electron chi connectivity index (χ4n) is 2.29. The van der Waals surface area contributed by atoms with E-state index in [1.165, 1.54) is 35.8 Å². The molecule has 0 aromatic heterocycles. The summed E-state index contributed by atoms with van der Waals surface area (Å²) >= 11 is 0. The molecule has 0 radical (unpaired) electrons. The Bertz CT molecular complexity index is 434. The highest BCUT2D eigenvalue weighted by Gasteiger charge is 2.07. The van der Waals surface area contributed by atoms with Crippen molar-refractivity contribution in [3.8, 4) is 0 Å². The van der Waals surface area contributed by atoms with Crippen LogP contribution in [0.5, 0.6) is 0 Å². The van der Waals surface area contributed by atoms with E-state index in [9.17, 15) is 0 Å². The second-order valence-corrected chi connectivity index (χ2v) is 10.4. The average molecular weight is 302 g/mol. The molecular weight excluding hydrogens is 278 g/mol. The van der Waals surface area contributed by atoms with Crippen molar-refractivity contribution < 1.29 is 0 Å². The first-order chi connectivity index (χ1) is 9.74. The standard InChI is InChI=1S/C18H24P2/c1-19(15-17-9-5-3-6-10-17)13-14-20(2)16-18-11-7-4-8-12-18/h3-12H,13-16H2,1-2H3. The normalized spacial score (nSPS) is 13.9. The molecule has 0 bridgehead atoms. The molecule has 0 amide bonds. The van der Waals surface area contributed by atoms with E-state index in [1.54, 1.807) is 0 Å². The van der Waals surface area contributed by atoms with Crippen molar-refractivity contribution in [1.82, 2.24) is 0 Å². The zero-order valence-electron chi connectivity index (χ0n) is 12.5. The second-order valence-electron chi connectivity index (χ2n) is 5.45. The van der Waals surface area contributed by atoms with E-state index in [4.69, 9.17) is 0 Å².